The number of amides is 1. The lowest BCUT2D eigenvalue weighted by atomic mass is 10.1. The second-order valence-electron chi connectivity index (χ2n) is 6.40. The van der Waals surface area contributed by atoms with Crippen molar-refractivity contribution in [3.05, 3.63) is 82.9 Å². The molecule has 144 valence electrons. The van der Waals surface area contributed by atoms with Crippen LogP contribution in [0.1, 0.15) is 25.5 Å². The summed E-state index contributed by atoms with van der Waals surface area (Å²) in [5.74, 6) is 0.526. The second kappa shape index (κ2) is 8.99. The highest BCUT2D eigenvalue weighted by atomic mass is 16.5. The topological polar surface area (TPSA) is 73.2 Å². The molecule has 1 atom stereocenters. The first-order valence-corrected chi connectivity index (χ1v) is 9.21. The monoisotopic (exact) mass is 377 g/mol. The van der Waals surface area contributed by atoms with Crippen molar-refractivity contribution in [3.8, 4) is 17.0 Å². The standard InChI is InChI=1S/C22H23N3O3/c1-3-28-19-11-9-18(10-12-19)20-13-22(27)25(15-23-20)14-21(26)24-16(2)17-7-5-4-6-8-17/h4-13,15-16H,3,14H2,1-2H3,(H,24,26)/t16-/m0/s1. The maximum atomic E-state index is 12.4. The first-order chi connectivity index (χ1) is 13.6. The van der Waals surface area contributed by atoms with E-state index in [2.05, 4.69) is 10.3 Å². The van der Waals surface area contributed by atoms with Gasteiger partial charge < -0.3 is 10.1 Å². The minimum absolute atomic E-state index is 0.0768. The molecule has 1 amide bonds. The van der Waals surface area contributed by atoms with Crippen molar-refractivity contribution >= 4 is 5.91 Å². The van der Waals surface area contributed by atoms with Gasteiger partial charge in [0.2, 0.25) is 5.91 Å². The number of aromatic nitrogens is 2. The van der Waals surface area contributed by atoms with E-state index in [0.717, 1.165) is 16.9 Å². The van der Waals surface area contributed by atoms with Crippen molar-refractivity contribution in [1.82, 2.24) is 14.9 Å². The van der Waals surface area contributed by atoms with Gasteiger partial charge in [-0.2, -0.15) is 0 Å². The van der Waals surface area contributed by atoms with Crippen LogP contribution in [0, 0.1) is 0 Å². The van der Waals surface area contributed by atoms with Crippen LogP contribution < -0.4 is 15.6 Å². The van der Waals surface area contributed by atoms with E-state index < -0.39 is 0 Å². The lowest BCUT2D eigenvalue weighted by Gasteiger charge is -2.15. The molecular weight excluding hydrogens is 354 g/mol. The molecule has 2 aromatic carbocycles. The molecule has 3 rings (SSSR count). The van der Waals surface area contributed by atoms with Crippen LogP contribution in [0.2, 0.25) is 0 Å². The predicted molar refractivity (Wildman–Crippen MR) is 108 cm³/mol. The average Bonchev–Trinajstić information content (AvgIpc) is 2.71. The summed E-state index contributed by atoms with van der Waals surface area (Å²) < 4.78 is 6.71. The molecule has 0 fully saturated rings. The molecule has 0 unspecified atom stereocenters. The zero-order chi connectivity index (χ0) is 19.9. The smallest absolute Gasteiger partial charge is 0.254 e. The van der Waals surface area contributed by atoms with E-state index in [-0.39, 0.29) is 24.1 Å². The summed E-state index contributed by atoms with van der Waals surface area (Å²) in [7, 11) is 0. The predicted octanol–water partition coefficient (Wildman–Crippen LogP) is 3.19. The van der Waals surface area contributed by atoms with Crippen LogP contribution in [0.3, 0.4) is 0 Å². The van der Waals surface area contributed by atoms with Crippen molar-refractivity contribution < 1.29 is 9.53 Å². The van der Waals surface area contributed by atoms with Gasteiger partial charge in [0.25, 0.3) is 5.56 Å². The lowest BCUT2D eigenvalue weighted by molar-refractivity contribution is -0.122. The Balaban J connectivity index is 1.67. The second-order valence-corrected chi connectivity index (χ2v) is 6.40. The van der Waals surface area contributed by atoms with Crippen molar-refractivity contribution in [1.29, 1.82) is 0 Å². The van der Waals surface area contributed by atoms with Gasteiger partial charge in [-0.3, -0.25) is 14.2 Å². The van der Waals surface area contributed by atoms with Crippen molar-refractivity contribution in [3.63, 3.8) is 0 Å². The normalized spacial score (nSPS) is 11.6. The minimum atomic E-state index is -0.276. The van der Waals surface area contributed by atoms with Gasteiger partial charge >= 0.3 is 0 Å². The van der Waals surface area contributed by atoms with Gasteiger partial charge in [0.1, 0.15) is 12.3 Å². The summed E-state index contributed by atoms with van der Waals surface area (Å²) in [5, 5.41) is 2.90. The summed E-state index contributed by atoms with van der Waals surface area (Å²) in [5.41, 5.74) is 2.10. The van der Waals surface area contributed by atoms with E-state index in [1.807, 2.05) is 68.4 Å². The molecule has 0 saturated carbocycles. The van der Waals surface area contributed by atoms with Crippen LogP contribution in [-0.4, -0.2) is 22.1 Å². The number of carbonyl (C=O) groups is 1. The summed E-state index contributed by atoms with van der Waals surface area (Å²) in [6.45, 7) is 4.35. The zero-order valence-corrected chi connectivity index (χ0v) is 16.0. The molecule has 0 aliphatic rings. The molecule has 0 radical (unpaired) electrons. The molecule has 28 heavy (non-hydrogen) atoms. The summed E-state index contributed by atoms with van der Waals surface area (Å²) in [6.07, 6.45) is 1.40. The molecule has 0 spiro atoms. The highest BCUT2D eigenvalue weighted by Gasteiger charge is 2.11. The summed E-state index contributed by atoms with van der Waals surface area (Å²) >= 11 is 0. The van der Waals surface area contributed by atoms with Gasteiger partial charge in [-0.05, 0) is 43.7 Å². The fourth-order valence-corrected chi connectivity index (χ4v) is 2.86. The van der Waals surface area contributed by atoms with Crippen LogP contribution in [0.15, 0.2) is 71.8 Å². The Bertz CT molecular complexity index is 982. The van der Waals surface area contributed by atoms with E-state index in [0.29, 0.717) is 12.3 Å². The van der Waals surface area contributed by atoms with E-state index in [1.165, 1.54) is 17.0 Å². The van der Waals surface area contributed by atoms with Crippen molar-refractivity contribution in [2.75, 3.05) is 6.61 Å². The molecule has 6 nitrogen and oxygen atoms in total. The van der Waals surface area contributed by atoms with Gasteiger partial charge in [-0.25, -0.2) is 4.98 Å². The molecular formula is C22H23N3O3. The molecule has 1 aromatic heterocycles. The number of hydrogen-bond donors (Lipinski definition) is 1. The average molecular weight is 377 g/mol. The minimum Gasteiger partial charge on any atom is -0.494 e. The van der Waals surface area contributed by atoms with E-state index in [4.69, 9.17) is 4.74 Å². The first-order valence-electron chi connectivity index (χ1n) is 9.21. The van der Waals surface area contributed by atoms with E-state index in [1.54, 1.807) is 0 Å². The van der Waals surface area contributed by atoms with Gasteiger partial charge in [-0.15, -0.1) is 0 Å². The van der Waals surface area contributed by atoms with E-state index in [9.17, 15) is 9.59 Å². The third kappa shape index (κ3) is 4.85. The SMILES string of the molecule is CCOc1ccc(-c2cc(=O)n(CC(=O)N[C@@H](C)c3ccccc3)cn2)cc1. The lowest BCUT2D eigenvalue weighted by Crippen LogP contribution is -2.33. The summed E-state index contributed by atoms with van der Waals surface area (Å²) in [4.78, 5) is 29.0. The molecule has 1 heterocycles. The van der Waals surface area contributed by atoms with Crippen molar-refractivity contribution in [2.24, 2.45) is 0 Å². The van der Waals surface area contributed by atoms with Crippen molar-refractivity contribution in [2.45, 2.75) is 26.4 Å². The number of ether oxygens (including phenoxy) is 1. The number of benzene rings is 2. The Hall–Kier alpha value is -3.41. The molecule has 0 saturated heterocycles. The number of carbonyl (C=O) groups excluding carboxylic acids is 1. The van der Waals surface area contributed by atoms with Gasteiger partial charge in [0, 0.05) is 11.6 Å². The highest BCUT2D eigenvalue weighted by molar-refractivity contribution is 5.76. The quantitative estimate of drug-likeness (QED) is 0.686. The number of nitrogens with zero attached hydrogens (tertiary/aromatic N) is 2. The fraction of sp³-hybridized carbons (Fsp3) is 0.227. The molecule has 0 bridgehead atoms. The van der Waals surface area contributed by atoms with Gasteiger partial charge in [0.05, 0.1) is 24.7 Å². The molecule has 1 N–H and O–H groups in total. The Morgan fingerprint density at radius 2 is 1.86 bits per heavy atom. The third-order valence-electron chi connectivity index (χ3n) is 4.33. The maximum absolute atomic E-state index is 12.4. The van der Waals surface area contributed by atoms with Crippen LogP contribution in [0.5, 0.6) is 5.75 Å². The van der Waals surface area contributed by atoms with E-state index >= 15 is 0 Å². The third-order valence-corrected chi connectivity index (χ3v) is 4.33. The Kier molecular flexibility index (Phi) is 6.22. The Morgan fingerprint density at radius 1 is 1.14 bits per heavy atom. The van der Waals surface area contributed by atoms with Crippen LogP contribution in [0.4, 0.5) is 0 Å². The van der Waals surface area contributed by atoms with Crippen LogP contribution in [0.25, 0.3) is 11.3 Å². The molecule has 6 heteroatoms. The maximum Gasteiger partial charge on any atom is 0.254 e. The number of hydrogen-bond acceptors (Lipinski definition) is 4. The molecule has 0 aliphatic heterocycles. The van der Waals surface area contributed by atoms with Gasteiger partial charge in [-0.1, -0.05) is 30.3 Å². The van der Waals surface area contributed by atoms with Gasteiger partial charge in [0.15, 0.2) is 0 Å². The first kappa shape index (κ1) is 19.4. The highest BCUT2D eigenvalue weighted by Crippen LogP contribution is 2.19. The van der Waals surface area contributed by atoms with Crippen LogP contribution in [-0.2, 0) is 11.3 Å². The number of rotatable bonds is 7. The molecule has 0 aliphatic carbocycles. The van der Waals surface area contributed by atoms with Crippen LogP contribution >= 0.6 is 0 Å². The Labute approximate surface area is 163 Å². The zero-order valence-electron chi connectivity index (χ0n) is 16.0. The summed E-state index contributed by atoms with van der Waals surface area (Å²) in [6, 6.07) is 18.3. The number of nitrogens with one attached hydrogen (secondary N) is 1. The molecule has 3 aromatic rings. The Morgan fingerprint density at radius 3 is 2.50 bits per heavy atom. The largest absolute Gasteiger partial charge is 0.494 e. The fourth-order valence-electron chi connectivity index (χ4n) is 2.86.